The molecule has 0 bridgehead atoms. The van der Waals surface area contributed by atoms with E-state index in [-0.39, 0.29) is 19.0 Å². The fourth-order valence-corrected chi connectivity index (χ4v) is 8.46. The molecule has 1 aliphatic rings. The van der Waals surface area contributed by atoms with Gasteiger partial charge in [0.1, 0.15) is 0 Å². The fourth-order valence-electron chi connectivity index (χ4n) is 5.07. The highest BCUT2D eigenvalue weighted by atomic mass is 31.2. The van der Waals surface area contributed by atoms with Gasteiger partial charge in [-0.3, -0.25) is 4.79 Å². The first kappa shape index (κ1) is 25.7. The van der Waals surface area contributed by atoms with Gasteiger partial charge in [-0.2, -0.15) is 0 Å². The van der Waals surface area contributed by atoms with Crippen LogP contribution in [0.3, 0.4) is 0 Å². The van der Waals surface area contributed by atoms with Crippen molar-refractivity contribution in [3.63, 3.8) is 0 Å². The normalized spacial score (nSPS) is 14.3. The molecule has 1 radical (unpaired) electrons. The first-order chi connectivity index (χ1) is 18.6. The molecule has 5 rings (SSSR count). The Labute approximate surface area is 225 Å². The van der Waals surface area contributed by atoms with Crippen LogP contribution in [0.5, 0.6) is 0 Å². The van der Waals surface area contributed by atoms with Gasteiger partial charge < -0.3 is 19.0 Å². The summed E-state index contributed by atoms with van der Waals surface area (Å²) >= 11 is 0. The first-order valence-electron chi connectivity index (χ1n) is 12.9. The van der Waals surface area contributed by atoms with Gasteiger partial charge in [0.15, 0.2) is 7.79 Å². The molecule has 0 aromatic heterocycles. The van der Waals surface area contributed by atoms with E-state index in [1.54, 1.807) is 0 Å². The first-order valence-corrected chi connectivity index (χ1v) is 14.6. The maximum absolute atomic E-state index is 13.2. The number of hydrogen-bond donors (Lipinski definition) is 1. The Morgan fingerprint density at radius 1 is 0.711 bits per heavy atom. The third-order valence-corrected chi connectivity index (χ3v) is 10.0. The number of carbonyl (C=O) groups excluding carboxylic acids is 1. The lowest BCUT2D eigenvalue weighted by atomic mass is 9.97. The van der Waals surface area contributed by atoms with Crippen molar-refractivity contribution >= 4 is 30.7 Å². The van der Waals surface area contributed by atoms with Crippen LogP contribution < -0.4 is 9.34 Å². The van der Waals surface area contributed by atoms with Gasteiger partial charge in [-0.1, -0.05) is 97.1 Å². The van der Waals surface area contributed by atoms with Crippen LogP contribution in [-0.4, -0.2) is 30.6 Å². The number of rotatable bonds is 8. The lowest BCUT2D eigenvalue weighted by Crippen LogP contribution is -2.28. The molecule has 1 heterocycles. The summed E-state index contributed by atoms with van der Waals surface area (Å²) in [5.41, 5.74) is 4.59. The Balaban J connectivity index is 1.83. The van der Waals surface area contributed by atoms with Gasteiger partial charge >= 0.3 is 5.97 Å². The van der Waals surface area contributed by atoms with E-state index in [2.05, 4.69) is 9.34 Å². The molecule has 6 heteroatoms. The van der Waals surface area contributed by atoms with E-state index in [0.29, 0.717) is 18.4 Å². The van der Waals surface area contributed by atoms with Crippen LogP contribution in [0.15, 0.2) is 127 Å². The van der Waals surface area contributed by atoms with Gasteiger partial charge in [0.2, 0.25) is 0 Å². The monoisotopic (exact) mass is 523 g/mol. The van der Waals surface area contributed by atoms with Gasteiger partial charge in [-0.15, -0.1) is 0 Å². The highest BCUT2D eigenvalue weighted by Crippen LogP contribution is 2.74. The molecule has 1 saturated heterocycles. The highest BCUT2D eigenvalue weighted by molar-refractivity contribution is 7.78. The Hall–Kier alpha value is -3.92. The zero-order valence-corrected chi connectivity index (χ0v) is 22.4. The van der Waals surface area contributed by atoms with E-state index in [0.717, 1.165) is 28.1 Å². The van der Waals surface area contributed by atoms with E-state index < -0.39 is 7.79 Å². The van der Waals surface area contributed by atoms with Gasteiger partial charge in [-0.05, 0) is 47.9 Å². The minimum atomic E-state index is -3.31. The van der Waals surface area contributed by atoms with Crippen molar-refractivity contribution in [2.24, 2.45) is 0 Å². The second-order valence-electron chi connectivity index (χ2n) is 9.02. The third kappa shape index (κ3) is 5.08. The molecule has 0 unspecified atom stereocenters. The summed E-state index contributed by atoms with van der Waals surface area (Å²) in [6.07, 6.45) is -0.0239. The topological polar surface area (TPSA) is 53.0 Å². The van der Waals surface area contributed by atoms with E-state index in [9.17, 15) is 9.69 Å². The SMILES string of the molecule is CCOC(=O)CC(=C(c1ccccc1)c1ccccc1)[P]1(O)N(c2ccccc2)CCN1c1ccccc1. The zero-order chi connectivity index (χ0) is 26.4. The zero-order valence-electron chi connectivity index (χ0n) is 21.5. The maximum Gasteiger partial charge on any atom is 0.310 e. The number of esters is 1. The number of nitrogens with zero attached hydrogens (tertiary/aromatic N) is 2. The molecule has 0 spiro atoms. The van der Waals surface area contributed by atoms with Crippen molar-refractivity contribution in [2.45, 2.75) is 13.3 Å². The molecule has 4 aromatic rings. The molecule has 1 N–H and O–H groups in total. The van der Waals surface area contributed by atoms with Crippen molar-refractivity contribution in [2.75, 3.05) is 29.0 Å². The summed E-state index contributed by atoms with van der Waals surface area (Å²) in [5, 5.41) is 0.679. The second-order valence-corrected chi connectivity index (χ2v) is 11.7. The van der Waals surface area contributed by atoms with Crippen LogP contribution in [0.2, 0.25) is 0 Å². The Morgan fingerprint density at radius 2 is 1.11 bits per heavy atom. The van der Waals surface area contributed by atoms with E-state index in [1.807, 2.05) is 128 Å². The minimum absolute atomic E-state index is 0.0239. The number of anilines is 2. The summed E-state index contributed by atoms with van der Waals surface area (Å²) < 4.78 is 9.67. The van der Waals surface area contributed by atoms with Gasteiger partial charge in [-0.25, -0.2) is 0 Å². The quantitative estimate of drug-likeness (QED) is 0.196. The van der Waals surface area contributed by atoms with E-state index >= 15 is 0 Å². The molecule has 1 aliphatic heterocycles. The molecule has 0 saturated carbocycles. The molecular weight excluding hydrogens is 491 g/mol. The molecule has 4 aromatic carbocycles. The molecule has 193 valence electrons. The van der Waals surface area contributed by atoms with Crippen molar-refractivity contribution in [1.29, 1.82) is 0 Å². The minimum Gasteiger partial charge on any atom is -0.466 e. The summed E-state index contributed by atoms with van der Waals surface area (Å²) in [7, 11) is -3.31. The van der Waals surface area contributed by atoms with Crippen molar-refractivity contribution in [3.8, 4) is 0 Å². The smallest absolute Gasteiger partial charge is 0.310 e. The number of benzene rings is 4. The van der Waals surface area contributed by atoms with Crippen LogP contribution in [-0.2, 0) is 9.53 Å². The fraction of sp³-hybridized carbons (Fsp3) is 0.156. The van der Waals surface area contributed by atoms with Gasteiger partial charge in [0.25, 0.3) is 0 Å². The summed E-state index contributed by atoms with van der Waals surface area (Å²) in [6, 6.07) is 40.0. The van der Waals surface area contributed by atoms with E-state index in [4.69, 9.17) is 4.74 Å². The Morgan fingerprint density at radius 3 is 1.50 bits per heavy atom. The van der Waals surface area contributed by atoms with Crippen molar-refractivity contribution < 1.29 is 14.4 Å². The van der Waals surface area contributed by atoms with Crippen LogP contribution in [0.4, 0.5) is 11.4 Å². The predicted molar refractivity (Wildman–Crippen MR) is 157 cm³/mol. The Kier molecular flexibility index (Phi) is 7.88. The van der Waals surface area contributed by atoms with Gasteiger partial charge in [0, 0.05) is 29.8 Å². The Bertz CT molecular complexity index is 1290. The summed E-state index contributed by atoms with van der Waals surface area (Å²) in [6.45, 7) is 3.32. The number of hydrogen-bond acceptors (Lipinski definition) is 5. The standard InChI is InChI=1S/C32H32N2O3P/c1-2-37-31(35)25-30(32(26-15-7-3-8-16-26)27-17-9-4-10-18-27)38(36)33(28-19-11-5-12-20-28)23-24-34(38)29-21-13-6-14-22-29/h3-22,36H,2,23-25H2,1H3. The number of ether oxygens (including phenoxy) is 1. The number of para-hydroxylation sites is 2. The summed E-state index contributed by atoms with van der Waals surface area (Å²) in [4.78, 5) is 26.4. The molecule has 0 atom stereocenters. The molecule has 1 fully saturated rings. The molecule has 0 amide bonds. The van der Waals surface area contributed by atoms with Crippen LogP contribution in [0.1, 0.15) is 24.5 Å². The lowest BCUT2D eigenvalue weighted by Gasteiger charge is -2.45. The number of carbonyl (C=O) groups is 1. The van der Waals surface area contributed by atoms with Crippen LogP contribution in [0.25, 0.3) is 5.57 Å². The largest absolute Gasteiger partial charge is 0.466 e. The lowest BCUT2D eigenvalue weighted by molar-refractivity contribution is -0.142. The second kappa shape index (κ2) is 11.6. The van der Waals surface area contributed by atoms with Crippen molar-refractivity contribution in [1.82, 2.24) is 0 Å². The third-order valence-electron chi connectivity index (χ3n) is 6.70. The maximum atomic E-state index is 13.2. The molecule has 5 nitrogen and oxygen atoms in total. The average molecular weight is 524 g/mol. The molecule has 0 aliphatic carbocycles. The van der Waals surface area contributed by atoms with Crippen LogP contribution >= 0.6 is 7.79 Å². The summed E-state index contributed by atoms with van der Waals surface area (Å²) in [5.74, 6) is -0.354. The molecule has 38 heavy (non-hydrogen) atoms. The average Bonchev–Trinajstić information content (AvgIpc) is 3.33. The van der Waals surface area contributed by atoms with E-state index in [1.165, 1.54) is 0 Å². The molecular formula is C32H32N2O3P. The van der Waals surface area contributed by atoms with Crippen molar-refractivity contribution in [3.05, 3.63) is 138 Å². The van der Waals surface area contributed by atoms with Gasteiger partial charge in [0.05, 0.1) is 13.0 Å². The highest BCUT2D eigenvalue weighted by Gasteiger charge is 2.50. The predicted octanol–water partition coefficient (Wildman–Crippen LogP) is 7.18. The van der Waals surface area contributed by atoms with Crippen LogP contribution in [0, 0.1) is 0 Å².